The van der Waals surface area contributed by atoms with E-state index in [4.69, 9.17) is 16.3 Å². The summed E-state index contributed by atoms with van der Waals surface area (Å²) < 4.78 is 58.7. The van der Waals surface area contributed by atoms with E-state index in [-0.39, 0.29) is 47.2 Å². The van der Waals surface area contributed by atoms with Gasteiger partial charge in [0.15, 0.2) is 21.5 Å². The molecule has 1 aliphatic heterocycles. The molecule has 4 fully saturated rings. The van der Waals surface area contributed by atoms with Crippen LogP contribution < -0.4 is 5.32 Å². The number of sulfone groups is 1. The predicted octanol–water partition coefficient (Wildman–Crippen LogP) is 2.99. The summed E-state index contributed by atoms with van der Waals surface area (Å²) in [4.78, 5) is 25.5. The lowest BCUT2D eigenvalue weighted by atomic mass is 9.52. The van der Waals surface area contributed by atoms with E-state index < -0.39 is 62.3 Å². The fourth-order valence-corrected chi connectivity index (χ4v) is 8.16. The van der Waals surface area contributed by atoms with Crippen LogP contribution in [-0.4, -0.2) is 72.2 Å². The van der Waals surface area contributed by atoms with Gasteiger partial charge in [-0.05, 0) is 61.4 Å². The van der Waals surface area contributed by atoms with Gasteiger partial charge < -0.3 is 25.2 Å². The Bertz CT molecular complexity index is 1390. The second-order valence-electron chi connectivity index (χ2n) is 9.96. The van der Waals surface area contributed by atoms with E-state index in [1.807, 2.05) is 0 Å². The highest BCUT2D eigenvalue weighted by Crippen LogP contribution is 2.57. The summed E-state index contributed by atoms with van der Waals surface area (Å²) in [6.45, 7) is 0.396. The van der Waals surface area contributed by atoms with E-state index in [0.29, 0.717) is 13.0 Å². The summed E-state index contributed by atoms with van der Waals surface area (Å²) in [5.74, 6) is -3.98. The number of β-amino-alcohol motifs (C(OH)–C–C–N with tert-alkyl or cyclic N) is 1. The van der Waals surface area contributed by atoms with Crippen LogP contribution in [0.4, 0.5) is 19.3 Å². The predicted molar refractivity (Wildman–Crippen MR) is 131 cm³/mol. The van der Waals surface area contributed by atoms with Crippen molar-refractivity contribution in [2.45, 2.75) is 41.1 Å². The first-order valence-electron chi connectivity index (χ1n) is 12.0. The standard InChI is InChI=1S/C25H25ClF2N2O7S/c26-18-3-1-13(23(32)29-16-2-4-19(27)20(28)11-16)7-21(18)38(35,36)17-9-14-8-15(10-17)25(14,34)22(31)12-30-5-6-37-24(30)33/h1-4,7,11,14-15,17,22,31,34H,5-6,8-10,12H2,(H,29,32)/t14?,15?,17-,22?,25-. The molecule has 204 valence electrons. The number of aliphatic hydroxyl groups is 2. The van der Waals surface area contributed by atoms with Gasteiger partial charge in [0.25, 0.3) is 5.91 Å². The summed E-state index contributed by atoms with van der Waals surface area (Å²) in [6.07, 6.45) is -1.15. The largest absolute Gasteiger partial charge is 0.448 e. The molecule has 0 radical (unpaired) electrons. The van der Waals surface area contributed by atoms with Crippen LogP contribution in [0.15, 0.2) is 41.3 Å². The Hall–Kier alpha value is -2.80. The third kappa shape index (κ3) is 4.53. The van der Waals surface area contributed by atoms with E-state index in [1.165, 1.54) is 23.1 Å². The topological polar surface area (TPSA) is 133 Å². The highest BCUT2D eigenvalue weighted by atomic mass is 35.5. The Kier molecular flexibility index (Phi) is 6.87. The van der Waals surface area contributed by atoms with Gasteiger partial charge in [0.1, 0.15) is 12.7 Å². The number of fused-ring (bicyclic) bond motifs is 2. The van der Waals surface area contributed by atoms with Crippen molar-refractivity contribution in [3.05, 3.63) is 58.6 Å². The number of cyclic esters (lactones) is 1. The smallest absolute Gasteiger partial charge is 0.410 e. The van der Waals surface area contributed by atoms with E-state index in [0.717, 1.165) is 18.2 Å². The molecule has 3 unspecified atom stereocenters. The number of carbonyl (C=O) groups excluding carboxylic acids is 2. The zero-order chi connectivity index (χ0) is 27.4. The lowest BCUT2D eigenvalue weighted by molar-refractivity contribution is -0.232. The molecule has 2 aromatic carbocycles. The van der Waals surface area contributed by atoms with Crippen molar-refractivity contribution in [1.29, 1.82) is 0 Å². The molecule has 38 heavy (non-hydrogen) atoms. The number of carbonyl (C=O) groups is 2. The first-order valence-corrected chi connectivity index (χ1v) is 14.0. The van der Waals surface area contributed by atoms with E-state index in [9.17, 15) is 37.0 Å². The summed E-state index contributed by atoms with van der Waals surface area (Å²) in [7, 11) is -4.04. The Morgan fingerprint density at radius 3 is 2.50 bits per heavy atom. The van der Waals surface area contributed by atoms with Gasteiger partial charge in [0.2, 0.25) is 0 Å². The molecule has 2 aromatic rings. The van der Waals surface area contributed by atoms with Crippen molar-refractivity contribution >= 4 is 39.1 Å². The molecule has 0 spiro atoms. The summed E-state index contributed by atoms with van der Waals surface area (Å²) in [5.41, 5.74) is -1.59. The van der Waals surface area contributed by atoms with Crippen molar-refractivity contribution in [3.63, 3.8) is 0 Å². The molecule has 1 heterocycles. The van der Waals surface area contributed by atoms with Crippen molar-refractivity contribution in [3.8, 4) is 0 Å². The van der Waals surface area contributed by atoms with Crippen LogP contribution in [0, 0.1) is 23.5 Å². The Morgan fingerprint density at radius 2 is 1.87 bits per heavy atom. The zero-order valence-corrected chi connectivity index (χ0v) is 21.5. The van der Waals surface area contributed by atoms with Crippen LogP contribution >= 0.6 is 11.6 Å². The summed E-state index contributed by atoms with van der Waals surface area (Å²) in [6, 6.07) is 6.54. The molecule has 4 aliphatic rings. The number of nitrogens with one attached hydrogen (secondary N) is 1. The second-order valence-corrected chi connectivity index (χ2v) is 12.6. The van der Waals surface area contributed by atoms with Gasteiger partial charge in [-0.3, -0.25) is 4.79 Å². The highest BCUT2D eigenvalue weighted by molar-refractivity contribution is 7.92. The molecule has 6 rings (SSSR count). The maximum atomic E-state index is 13.6. The molecule has 3 N–H and O–H groups in total. The van der Waals surface area contributed by atoms with Crippen LogP contribution in [0.1, 0.15) is 29.6 Å². The Morgan fingerprint density at radius 1 is 1.16 bits per heavy atom. The number of hydrogen-bond donors (Lipinski definition) is 3. The minimum atomic E-state index is -4.04. The molecule has 3 saturated carbocycles. The first kappa shape index (κ1) is 26.8. The number of amides is 2. The van der Waals surface area contributed by atoms with Gasteiger partial charge >= 0.3 is 6.09 Å². The minimum Gasteiger partial charge on any atom is -0.448 e. The summed E-state index contributed by atoms with van der Waals surface area (Å²) in [5, 5.41) is 23.4. The lowest BCUT2D eigenvalue weighted by Crippen LogP contribution is -2.69. The molecule has 0 aromatic heterocycles. The fraction of sp³-hybridized carbons (Fsp3) is 0.440. The van der Waals surface area contributed by atoms with Crippen LogP contribution in [0.2, 0.25) is 5.02 Å². The van der Waals surface area contributed by atoms with E-state index >= 15 is 0 Å². The van der Waals surface area contributed by atoms with Crippen LogP contribution in [-0.2, 0) is 14.6 Å². The van der Waals surface area contributed by atoms with Crippen molar-refractivity contribution < 1.29 is 41.7 Å². The quantitative estimate of drug-likeness (QED) is 0.466. The summed E-state index contributed by atoms with van der Waals surface area (Å²) >= 11 is 6.23. The molecule has 3 atom stereocenters. The third-order valence-electron chi connectivity index (χ3n) is 7.86. The molecule has 1 saturated heterocycles. The van der Waals surface area contributed by atoms with Gasteiger partial charge in [-0.25, -0.2) is 22.0 Å². The van der Waals surface area contributed by atoms with Crippen molar-refractivity contribution in [2.75, 3.05) is 25.0 Å². The third-order valence-corrected chi connectivity index (χ3v) is 10.5. The zero-order valence-electron chi connectivity index (χ0n) is 19.9. The van der Waals surface area contributed by atoms with Gasteiger partial charge in [-0.1, -0.05) is 11.6 Å². The number of ether oxygens (including phenoxy) is 1. The van der Waals surface area contributed by atoms with Crippen LogP contribution in [0.3, 0.4) is 0 Å². The first-order chi connectivity index (χ1) is 17.9. The molecule has 2 amide bonds. The Balaban J connectivity index is 1.31. The minimum absolute atomic E-state index is 0.0133. The Labute approximate surface area is 222 Å². The van der Waals surface area contributed by atoms with Crippen molar-refractivity contribution in [2.24, 2.45) is 11.8 Å². The number of halogens is 3. The van der Waals surface area contributed by atoms with Crippen LogP contribution in [0.5, 0.6) is 0 Å². The number of rotatable bonds is 7. The molecule has 2 bridgehead atoms. The van der Waals surface area contributed by atoms with E-state index in [1.54, 1.807) is 0 Å². The monoisotopic (exact) mass is 570 g/mol. The molecule has 3 aliphatic carbocycles. The lowest BCUT2D eigenvalue weighted by Gasteiger charge is -2.60. The SMILES string of the molecule is O=C(Nc1ccc(F)c(F)c1)c1ccc(Cl)c(S(=O)(=O)[C@H]2CC3CC(C2)[C@]3(O)C(O)CN2CCOC2=O)c1. The van der Waals surface area contributed by atoms with Gasteiger partial charge in [0, 0.05) is 17.3 Å². The molecular weight excluding hydrogens is 546 g/mol. The number of anilines is 1. The number of benzene rings is 2. The second kappa shape index (κ2) is 9.74. The number of nitrogens with zero attached hydrogens (tertiary/aromatic N) is 1. The van der Waals surface area contributed by atoms with Gasteiger partial charge in [-0.2, -0.15) is 0 Å². The normalized spacial score (nSPS) is 27.4. The van der Waals surface area contributed by atoms with Crippen LogP contribution in [0.25, 0.3) is 0 Å². The van der Waals surface area contributed by atoms with Crippen molar-refractivity contribution in [1.82, 2.24) is 4.90 Å². The number of hydrogen-bond acceptors (Lipinski definition) is 7. The average molecular weight is 571 g/mol. The van der Waals surface area contributed by atoms with E-state index in [2.05, 4.69) is 5.32 Å². The molecule has 9 nitrogen and oxygen atoms in total. The maximum Gasteiger partial charge on any atom is 0.410 e. The van der Waals surface area contributed by atoms with Gasteiger partial charge in [0.05, 0.1) is 33.9 Å². The highest BCUT2D eigenvalue weighted by Gasteiger charge is 2.63. The average Bonchev–Trinajstić information content (AvgIpc) is 3.29. The fourth-order valence-electron chi connectivity index (χ4n) is 5.76. The maximum absolute atomic E-state index is 13.6. The number of aliphatic hydroxyl groups excluding tert-OH is 1. The molecular formula is C25H25ClF2N2O7S. The van der Waals surface area contributed by atoms with Gasteiger partial charge in [-0.15, -0.1) is 0 Å². The molecule has 13 heteroatoms.